The quantitative estimate of drug-likeness (QED) is 0.616. The summed E-state index contributed by atoms with van der Waals surface area (Å²) in [4.78, 5) is 17.9. The minimum atomic E-state index is 0.540. The Kier molecular flexibility index (Phi) is 5.35. The highest BCUT2D eigenvalue weighted by Gasteiger charge is 2.20. The summed E-state index contributed by atoms with van der Waals surface area (Å²) < 4.78 is 11.9. The number of ether oxygens (including phenoxy) is 1. The van der Waals surface area contributed by atoms with E-state index in [4.69, 9.17) is 9.15 Å². The van der Waals surface area contributed by atoms with Crippen LogP contribution < -0.4 is 9.64 Å². The average Bonchev–Trinajstić information content (AvgIpc) is 3.17. The first-order chi connectivity index (χ1) is 13.2. The van der Waals surface area contributed by atoms with Crippen molar-refractivity contribution in [2.24, 2.45) is 0 Å². The monoisotopic (exact) mass is 429 g/mol. The van der Waals surface area contributed by atoms with E-state index in [0.717, 1.165) is 54.3 Å². The molecule has 1 saturated heterocycles. The van der Waals surface area contributed by atoms with E-state index in [-0.39, 0.29) is 0 Å². The average molecular weight is 430 g/mol. The van der Waals surface area contributed by atoms with Gasteiger partial charge in [0, 0.05) is 42.8 Å². The van der Waals surface area contributed by atoms with Gasteiger partial charge in [-0.15, -0.1) is 0 Å². The number of oxazole rings is 1. The van der Waals surface area contributed by atoms with Crippen molar-refractivity contribution in [1.29, 1.82) is 0 Å². The fourth-order valence-corrected chi connectivity index (χ4v) is 3.32. The molecule has 0 bridgehead atoms. The van der Waals surface area contributed by atoms with E-state index in [1.165, 1.54) is 0 Å². The summed E-state index contributed by atoms with van der Waals surface area (Å²) in [5, 5.41) is 0. The summed E-state index contributed by atoms with van der Waals surface area (Å²) in [7, 11) is 1.60. The van der Waals surface area contributed by atoms with Crippen LogP contribution in [0.5, 0.6) is 5.88 Å². The molecule has 0 N–H and O–H groups in total. The van der Waals surface area contributed by atoms with E-state index >= 15 is 0 Å². The van der Waals surface area contributed by atoms with Gasteiger partial charge in [0.2, 0.25) is 11.8 Å². The van der Waals surface area contributed by atoms with Crippen molar-refractivity contribution in [3.63, 3.8) is 0 Å². The third-order valence-corrected chi connectivity index (χ3v) is 5.06. The van der Waals surface area contributed by atoms with E-state index in [1.54, 1.807) is 25.8 Å². The molecule has 0 saturated carbocycles. The first-order valence-corrected chi connectivity index (χ1v) is 9.54. The standard InChI is InChI=1S/C19H20BrN5O2/c1-26-18-11-21-10-17(23-18)25-8-6-24(7-9-25)12-16-13-27-19(22-16)14-2-4-15(20)5-3-14/h2-5,10-11,13H,6-9,12H2,1H3. The van der Waals surface area contributed by atoms with Gasteiger partial charge in [0.25, 0.3) is 0 Å². The van der Waals surface area contributed by atoms with Gasteiger partial charge in [-0.3, -0.25) is 9.88 Å². The molecule has 0 atom stereocenters. The Balaban J connectivity index is 1.35. The van der Waals surface area contributed by atoms with Crippen LogP contribution in [0.15, 0.2) is 51.8 Å². The Hall–Kier alpha value is -2.45. The van der Waals surface area contributed by atoms with Gasteiger partial charge in [-0.25, -0.2) is 4.98 Å². The Morgan fingerprint density at radius 2 is 1.85 bits per heavy atom. The number of hydrogen-bond donors (Lipinski definition) is 0. The predicted octanol–water partition coefficient (Wildman–Crippen LogP) is 3.22. The molecule has 4 rings (SSSR count). The summed E-state index contributed by atoms with van der Waals surface area (Å²) in [6.07, 6.45) is 5.14. The van der Waals surface area contributed by atoms with Crippen LogP contribution in [0.25, 0.3) is 11.5 Å². The van der Waals surface area contributed by atoms with Crippen LogP contribution in [0.1, 0.15) is 5.69 Å². The number of aromatic nitrogens is 3. The molecule has 0 spiro atoms. The molecule has 1 fully saturated rings. The van der Waals surface area contributed by atoms with Crippen molar-refractivity contribution in [2.75, 3.05) is 38.2 Å². The molecule has 7 nitrogen and oxygen atoms in total. The Morgan fingerprint density at radius 3 is 2.59 bits per heavy atom. The van der Waals surface area contributed by atoms with E-state index < -0.39 is 0 Å². The van der Waals surface area contributed by atoms with Crippen LogP contribution in [0.4, 0.5) is 5.82 Å². The molecule has 8 heteroatoms. The highest BCUT2D eigenvalue weighted by Crippen LogP contribution is 2.22. The molecule has 3 aromatic rings. The lowest BCUT2D eigenvalue weighted by Crippen LogP contribution is -2.46. The van der Waals surface area contributed by atoms with E-state index in [2.05, 4.69) is 40.7 Å². The molecule has 0 radical (unpaired) electrons. The van der Waals surface area contributed by atoms with Gasteiger partial charge in [-0.2, -0.15) is 4.98 Å². The maximum atomic E-state index is 5.65. The topological polar surface area (TPSA) is 67.5 Å². The van der Waals surface area contributed by atoms with Crippen molar-refractivity contribution < 1.29 is 9.15 Å². The summed E-state index contributed by atoms with van der Waals surface area (Å²) in [6.45, 7) is 4.41. The van der Waals surface area contributed by atoms with Crippen LogP contribution in [0.3, 0.4) is 0 Å². The van der Waals surface area contributed by atoms with Crippen LogP contribution in [0.2, 0.25) is 0 Å². The zero-order valence-corrected chi connectivity index (χ0v) is 16.6. The first kappa shape index (κ1) is 17.9. The van der Waals surface area contributed by atoms with E-state index in [0.29, 0.717) is 11.8 Å². The summed E-state index contributed by atoms with van der Waals surface area (Å²) in [5.74, 6) is 2.05. The highest BCUT2D eigenvalue weighted by molar-refractivity contribution is 9.10. The Morgan fingerprint density at radius 1 is 1.07 bits per heavy atom. The number of rotatable bonds is 5. The van der Waals surface area contributed by atoms with Gasteiger partial charge in [0.05, 0.1) is 25.2 Å². The second-order valence-corrected chi connectivity index (χ2v) is 7.25. The summed E-state index contributed by atoms with van der Waals surface area (Å²) in [5.41, 5.74) is 1.92. The molecule has 3 heterocycles. The van der Waals surface area contributed by atoms with Gasteiger partial charge in [-0.05, 0) is 24.3 Å². The largest absolute Gasteiger partial charge is 0.480 e. The fourth-order valence-electron chi connectivity index (χ4n) is 3.06. The second-order valence-electron chi connectivity index (χ2n) is 6.33. The van der Waals surface area contributed by atoms with Crippen molar-refractivity contribution in [1.82, 2.24) is 19.9 Å². The molecule has 1 aliphatic rings. The molecule has 0 aliphatic carbocycles. The maximum absolute atomic E-state index is 5.65. The molecular formula is C19H20BrN5O2. The lowest BCUT2D eigenvalue weighted by molar-refractivity contribution is 0.246. The lowest BCUT2D eigenvalue weighted by Gasteiger charge is -2.34. The minimum absolute atomic E-state index is 0.540. The third kappa shape index (κ3) is 4.28. The predicted molar refractivity (Wildman–Crippen MR) is 106 cm³/mol. The van der Waals surface area contributed by atoms with Crippen LogP contribution in [0, 0.1) is 0 Å². The van der Waals surface area contributed by atoms with Crippen molar-refractivity contribution in [2.45, 2.75) is 6.54 Å². The molecule has 2 aromatic heterocycles. The SMILES string of the molecule is COc1cncc(N2CCN(Cc3coc(-c4ccc(Br)cc4)n3)CC2)n1. The van der Waals surface area contributed by atoms with Gasteiger partial charge in [-0.1, -0.05) is 15.9 Å². The number of methoxy groups -OCH3 is 1. The zero-order chi connectivity index (χ0) is 18.6. The number of halogens is 1. The van der Waals surface area contributed by atoms with Crippen molar-refractivity contribution in [3.05, 3.63) is 53.1 Å². The maximum Gasteiger partial charge on any atom is 0.233 e. The molecule has 1 aliphatic heterocycles. The van der Waals surface area contributed by atoms with E-state index in [1.807, 2.05) is 24.3 Å². The Labute approximate surface area is 166 Å². The molecular weight excluding hydrogens is 410 g/mol. The summed E-state index contributed by atoms with van der Waals surface area (Å²) >= 11 is 3.44. The molecule has 27 heavy (non-hydrogen) atoms. The smallest absolute Gasteiger partial charge is 0.233 e. The first-order valence-electron chi connectivity index (χ1n) is 8.75. The number of anilines is 1. The van der Waals surface area contributed by atoms with Gasteiger partial charge < -0.3 is 14.1 Å². The number of benzene rings is 1. The van der Waals surface area contributed by atoms with Crippen LogP contribution in [-0.2, 0) is 6.54 Å². The lowest BCUT2D eigenvalue weighted by atomic mass is 10.2. The second kappa shape index (κ2) is 8.06. The van der Waals surface area contributed by atoms with Gasteiger partial charge in [0.1, 0.15) is 6.26 Å². The van der Waals surface area contributed by atoms with Gasteiger partial charge >= 0.3 is 0 Å². The molecule has 0 amide bonds. The highest BCUT2D eigenvalue weighted by atomic mass is 79.9. The molecule has 0 unspecified atom stereocenters. The van der Waals surface area contributed by atoms with Gasteiger partial charge in [0.15, 0.2) is 5.82 Å². The Bertz CT molecular complexity index is 891. The molecule has 140 valence electrons. The van der Waals surface area contributed by atoms with Crippen molar-refractivity contribution in [3.8, 4) is 17.3 Å². The van der Waals surface area contributed by atoms with Crippen molar-refractivity contribution >= 4 is 21.7 Å². The number of hydrogen-bond acceptors (Lipinski definition) is 7. The normalized spacial score (nSPS) is 15.1. The molecule has 1 aromatic carbocycles. The van der Waals surface area contributed by atoms with E-state index in [9.17, 15) is 0 Å². The minimum Gasteiger partial charge on any atom is -0.480 e. The third-order valence-electron chi connectivity index (χ3n) is 4.53. The summed E-state index contributed by atoms with van der Waals surface area (Å²) in [6, 6.07) is 7.96. The zero-order valence-electron chi connectivity index (χ0n) is 15.0. The van der Waals surface area contributed by atoms with Crippen LogP contribution in [-0.4, -0.2) is 53.1 Å². The number of nitrogens with zero attached hydrogens (tertiary/aromatic N) is 5. The fraction of sp³-hybridized carbons (Fsp3) is 0.316. The van der Waals surface area contributed by atoms with Crippen LogP contribution >= 0.6 is 15.9 Å². The number of piperazine rings is 1.